The fraction of sp³-hybridized carbons (Fsp3) is 0.231. The van der Waals surface area contributed by atoms with Crippen molar-refractivity contribution in [2.45, 2.75) is 19.3 Å². The lowest BCUT2D eigenvalue weighted by molar-refractivity contribution is -0.137. The van der Waals surface area contributed by atoms with Gasteiger partial charge >= 0.3 is 12.1 Å². The van der Waals surface area contributed by atoms with Gasteiger partial charge in [0.25, 0.3) is 0 Å². The molecular formula is C13H11F3N2O2S. The van der Waals surface area contributed by atoms with Gasteiger partial charge in [0, 0.05) is 18.5 Å². The molecule has 0 amide bonds. The molecule has 8 heteroatoms. The Hall–Kier alpha value is -1.93. The Morgan fingerprint density at radius 3 is 2.71 bits per heavy atom. The highest BCUT2D eigenvalue weighted by atomic mass is 32.1. The van der Waals surface area contributed by atoms with Gasteiger partial charge in [0.05, 0.1) is 11.3 Å². The zero-order chi connectivity index (χ0) is 15.5. The number of nitrogens with zero attached hydrogens (tertiary/aromatic N) is 1. The number of carbonyl (C=O) groups is 1. The van der Waals surface area contributed by atoms with Gasteiger partial charge in [0.15, 0.2) is 0 Å². The summed E-state index contributed by atoms with van der Waals surface area (Å²) in [7, 11) is 0. The number of aromatic nitrogens is 1. The average molecular weight is 316 g/mol. The second kappa shape index (κ2) is 6.23. The molecule has 0 unspecified atom stereocenters. The molecule has 0 bridgehead atoms. The molecule has 1 aromatic carbocycles. The summed E-state index contributed by atoms with van der Waals surface area (Å²) in [5.74, 6) is -1.09. The van der Waals surface area contributed by atoms with E-state index >= 15 is 0 Å². The molecule has 0 spiro atoms. The summed E-state index contributed by atoms with van der Waals surface area (Å²) < 4.78 is 37.6. The molecule has 2 aromatic rings. The van der Waals surface area contributed by atoms with E-state index in [1.807, 2.05) is 0 Å². The van der Waals surface area contributed by atoms with Crippen LogP contribution >= 0.6 is 11.3 Å². The maximum atomic E-state index is 12.5. The minimum atomic E-state index is -4.36. The van der Waals surface area contributed by atoms with E-state index in [1.54, 1.807) is 11.4 Å². The summed E-state index contributed by atoms with van der Waals surface area (Å²) in [5.41, 5.74) is 0.353. The molecule has 0 saturated heterocycles. The Morgan fingerprint density at radius 1 is 1.33 bits per heavy atom. The topological polar surface area (TPSA) is 62.2 Å². The molecule has 2 N–H and O–H groups in total. The van der Waals surface area contributed by atoms with Gasteiger partial charge in [-0.25, -0.2) is 9.78 Å². The number of halogens is 3. The van der Waals surface area contributed by atoms with E-state index in [1.165, 1.54) is 6.07 Å². The lowest BCUT2D eigenvalue weighted by Gasteiger charge is -2.09. The Morgan fingerprint density at radius 2 is 2.10 bits per heavy atom. The summed E-state index contributed by atoms with van der Waals surface area (Å²) in [5, 5.41) is 13.3. The van der Waals surface area contributed by atoms with Crippen molar-refractivity contribution in [2.24, 2.45) is 0 Å². The molecule has 0 fully saturated rings. The van der Waals surface area contributed by atoms with Gasteiger partial charge in [-0.1, -0.05) is 18.2 Å². The standard InChI is InChI=1S/C13H11F3N2O2S/c14-13(15,16)9-3-1-2-8(4-9)5-17-6-10-7-21-11(18-10)12(19)20/h1-4,7,17H,5-6H2,(H,19,20). The fourth-order valence-electron chi connectivity index (χ4n) is 1.68. The third kappa shape index (κ3) is 4.27. The Balaban J connectivity index is 1.92. The molecule has 0 atom stereocenters. The summed E-state index contributed by atoms with van der Waals surface area (Å²) in [6, 6.07) is 5.04. The van der Waals surface area contributed by atoms with E-state index in [9.17, 15) is 18.0 Å². The van der Waals surface area contributed by atoms with Crippen LogP contribution < -0.4 is 5.32 Å². The highest BCUT2D eigenvalue weighted by Crippen LogP contribution is 2.29. The Labute approximate surface area is 122 Å². The molecule has 0 radical (unpaired) electrons. The highest BCUT2D eigenvalue weighted by molar-refractivity contribution is 7.11. The average Bonchev–Trinajstić information content (AvgIpc) is 2.87. The van der Waals surface area contributed by atoms with Crippen LogP contribution in [0.2, 0.25) is 0 Å². The van der Waals surface area contributed by atoms with Gasteiger partial charge < -0.3 is 10.4 Å². The monoisotopic (exact) mass is 316 g/mol. The lowest BCUT2D eigenvalue weighted by atomic mass is 10.1. The molecule has 0 saturated carbocycles. The number of rotatable bonds is 5. The second-order valence-electron chi connectivity index (χ2n) is 4.25. The molecule has 1 heterocycles. The molecule has 21 heavy (non-hydrogen) atoms. The van der Waals surface area contributed by atoms with Crippen molar-refractivity contribution in [3.05, 3.63) is 51.5 Å². The van der Waals surface area contributed by atoms with Crippen molar-refractivity contribution in [2.75, 3.05) is 0 Å². The maximum absolute atomic E-state index is 12.5. The molecule has 0 aliphatic carbocycles. The van der Waals surface area contributed by atoms with Crippen molar-refractivity contribution in [1.82, 2.24) is 10.3 Å². The summed E-state index contributed by atoms with van der Waals surface area (Å²) in [6.45, 7) is 0.532. The van der Waals surface area contributed by atoms with Gasteiger partial charge in [0.1, 0.15) is 0 Å². The van der Waals surface area contributed by atoms with Crippen LogP contribution in [0.1, 0.15) is 26.6 Å². The number of hydrogen-bond donors (Lipinski definition) is 2. The van der Waals surface area contributed by atoms with Crippen LogP contribution in [-0.2, 0) is 19.3 Å². The van der Waals surface area contributed by atoms with E-state index in [0.717, 1.165) is 23.5 Å². The van der Waals surface area contributed by atoms with E-state index in [-0.39, 0.29) is 11.6 Å². The van der Waals surface area contributed by atoms with Crippen LogP contribution in [0.3, 0.4) is 0 Å². The molecule has 112 valence electrons. The van der Waals surface area contributed by atoms with E-state index in [2.05, 4.69) is 10.3 Å². The minimum Gasteiger partial charge on any atom is -0.476 e. The molecule has 1 aromatic heterocycles. The first-order valence-corrected chi connectivity index (χ1v) is 6.79. The van der Waals surface area contributed by atoms with Gasteiger partial charge in [-0.05, 0) is 11.6 Å². The normalized spacial score (nSPS) is 11.6. The zero-order valence-corrected chi connectivity index (χ0v) is 11.5. The first kappa shape index (κ1) is 15.5. The Bertz CT molecular complexity index is 640. The summed E-state index contributed by atoms with van der Waals surface area (Å²) >= 11 is 1.01. The van der Waals surface area contributed by atoms with Crippen LogP contribution in [-0.4, -0.2) is 16.1 Å². The number of thiazole rings is 1. The number of carboxylic acid groups (broad SMARTS) is 1. The largest absolute Gasteiger partial charge is 0.476 e. The number of hydrogen-bond acceptors (Lipinski definition) is 4. The van der Waals surface area contributed by atoms with E-state index in [4.69, 9.17) is 5.11 Å². The number of carboxylic acids is 1. The van der Waals surface area contributed by atoms with Crippen LogP contribution in [0.15, 0.2) is 29.6 Å². The van der Waals surface area contributed by atoms with Gasteiger partial charge in [0.2, 0.25) is 5.01 Å². The number of nitrogens with one attached hydrogen (secondary N) is 1. The smallest absolute Gasteiger partial charge is 0.416 e. The maximum Gasteiger partial charge on any atom is 0.416 e. The third-order valence-electron chi connectivity index (χ3n) is 2.62. The predicted molar refractivity (Wildman–Crippen MR) is 71.1 cm³/mol. The highest BCUT2D eigenvalue weighted by Gasteiger charge is 2.30. The minimum absolute atomic E-state index is 0.00845. The first-order chi connectivity index (χ1) is 9.86. The SMILES string of the molecule is O=C(O)c1nc(CNCc2cccc(C(F)(F)F)c2)cs1. The Kier molecular flexibility index (Phi) is 4.59. The van der Waals surface area contributed by atoms with Crippen molar-refractivity contribution in [3.8, 4) is 0 Å². The molecular weight excluding hydrogens is 305 g/mol. The van der Waals surface area contributed by atoms with Gasteiger partial charge in [-0.15, -0.1) is 11.3 Å². The fourth-order valence-corrected chi connectivity index (χ4v) is 2.33. The predicted octanol–water partition coefficient (Wildman–Crippen LogP) is 3.15. The van der Waals surface area contributed by atoms with E-state index < -0.39 is 17.7 Å². The summed E-state index contributed by atoms with van der Waals surface area (Å²) in [4.78, 5) is 14.5. The van der Waals surface area contributed by atoms with Crippen LogP contribution in [0.5, 0.6) is 0 Å². The third-order valence-corrected chi connectivity index (χ3v) is 3.50. The van der Waals surface area contributed by atoms with Crippen molar-refractivity contribution in [1.29, 1.82) is 0 Å². The second-order valence-corrected chi connectivity index (χ2v) is 5.11. The van der Waals surface area contributed by atoms with Crippen molar-refractivity contribution < 1.29 is 23.1 Å². The molecule has 0 aliphatic rings. The van der Waals surface area contributed by atoms with Crippen LogP contribution in [0.25, 0.3) is 0 Å². The quantitative estimate of drug-likeness (QED) is 0.889. The lowest BCUT2D eigenvalue weighted by Crippen LogP contribution is -2.14. The summed E-state index contributed by atoms with van der Waals surface area (Å²) in [6.07, 6.45) is -4.36. The number of alkyl halides is 3. The number of aromatic carboxylic acids is 1. The molecule has 2 rings (SSSR count). The van der Waals surface area contributed by atoms with Crippen LogP contribution in [0, 0.1) is 0 Å². The van der Waals surface area contributed by atoms with Crippen molar-refractivity contribution >= 4 is 17.3 Å². The first-order valence-electron chi connectivity index (χ1n) is 5.91. The van der Waals surface area contributed by atoms with Gasteiger partial charge in [-0.2, -0.15) is 13.2 Å². The molecule has 4 nitrogen and oxygen atoms in total. The zero-order valence-electron chi connectivity index (χ0n) is 10.6. The van der Waals surface area contributed by atoms with Gasteiger partial charge in [-0.3, -0.25) is 0 Å². The van der Waals surface area contributed by atoms with E-state index in [0.29, 0.717) is 17.8 Å². The van der Waals surface area contributed by atoms with Crippen molar-refractivity contribution in [3.63, 3.8) is 0 Å². The molecule has 0 aliphatic heterocycles. The number of benzene rings is 1. The van der Waals surface area contributed by atoms with Crippen LogP contribution in [0.4, 0.5) is 13.2 Å².